The Hall–Kier alpha value is -1.89. The van der Waals surface area contributed by atoms with E-state index in [-0.39, 0.29) is 12.0 Å². The van der Waals surface area contributed by atoms with Gasteiger partial charge in [0.1, 0.15) is 6.04 Å². The average Bonchev–Trinajstić information content (AvgIpc) is 2.79. The minimum atomic E-state index is -0.450. The molecule has 0 N–H and O–H groups in total. The Balaban J connectivity index is 2.62. The van der Waals surface area contributed by atoms with Crippen LogP contribution in [0.15, 0.2) is 11.3 Å². The van der Waals surface area contributed by atoms with Gasteiger partial charge in [0, 0.05) is 19.8 Å². The molecule has 1 aliphatic heterocycles. The second kappa shape index (κ2) is 6.08. The fourth-order valence-corrected chi connectivity index (χ4v) is 3.72. The van der Waals surface area contributed by atoms with Crippen LogP contribution in [0.25, 0.3) is 0 Å². The molecular formula is C15H21N3O3S. The van der Waals surface area contributed by atoms with Crippen molar-refractivity contribution in [2.45, 2.75) is 33.7 Å². The first-order valence-electron chi connectivity index (χ1n) is 7.11. The van der Waals surface area contributed by atoms with E-state index in [1.54, 1.807) is 32.8 Å². The van der Waals surface area contributed by atoms with Crippen LogP contribution in [0.5, 0.6) is 0 Å². The number of amides is 2. The zero-order valence-corrected chi connectivity index (χ0v) is 14.6. The summed E-state index contributed by atoms with van der Waals surface area (Å²) < 4.78 is 5.20. The van der Waals surface area contributed by atoms with Gasteiger partial charge in [-0.3, -0.25) is 0 Å². The van der Waals surface area contributed by atoms with E-state index in [0.29, 0.717) is 17.9 Å². The third-order valence-electron chi connectivity index (χ3n) is 3.83. The van der Waals surface area contributed by atoms with Crippen molar-refractivity contribution in [1.82, 2.24) is 14.8 Å². The van der Waals surface area contributed by atoms with Crippen molar-refractivity contribution in [1.29, 1.82) is 0 Å². The summed E-state index contributed by atoms with van der Waals surface area (Å²) in [7, 11) is 3.36. The summed E-state index contributed by atoms with van der Waals surface area (Å²) in [5.41, 5.74) is 1.96. The Labute approximate surface area is 134 Å². The summed E-state index contributed by atoms with van der Waals surface area (Å²) in [6.45, 7) is 7.65. The van der Waals surface area contributed by atoms with Gasteiger partial charge in [-0.15, -0.1) is 11.3 Å². The molecule has 0 spiro atoms. The molecule has 1 aromatic rings. The molecule has 0 unspecified atom stereocenters. The number of rotatable bonds is 3. The number of carbonyl (C=O) groups excluding carboxylic acids is 2. The van der Waals surface area contributed by atoms with Crippen molar-refractivity contribution in [3.8, 4) is 0 Å². The van der Waals surface area contributed by atoms with Crippen molar-refractivity contribution < 1.29 is 14.3 Å². The molecule has 1 atom stereocenters. The summed E-state index contributed by atoms with van der Waals surface area (Å²) >= 11 is 1.50. The van der Waals surface area contributed by atoms with Crippen LogP contribution in [0, 0.1) is 13.8 Å². The van der Waals surface area contributed by atoms with Crippen LogP contribution >= 0.6 is 11.3 Å². The molecule has 0 saturated carbocycles. The lowest BCUT2D eigenvalue weighted by Crippen LogP contribution is -2.47. The predicted octanol–water partition coefficient (Wildman–Crippen LogP) is 2.64. The molecule has 0 bridgehead atoms. The van der Waals surface area contributed by atoms with Crippen LogP contribution in [-0.2, 0) is 9.53 Å². The van der Waals surface area contributed by atoms with E-state index in [0.717, 1.165) is 15.6 Å². The van der Waals surface area contributed by atoms with Gasteiger partial charge in [-0.2, -0.15) is 0 Å². The molecule has 0 saturated heterocycles. The summed E-state index contributed by atoms with van der Waals surface area (Å²) in [5, 5.41) is 0.910. The second-order valence-corrected chi connectivity index (χ2v) is 6.49. The molecule has 0 fully saturated rings. The molecular weight excluding hydrogens is 302 g/mol. The summed E-state index contributed by atoms with van der Waals surface area (Å²) in [6, 6.07) is -0.602. The van der Waals surface area contributed by atoms with Crippen LogP contribution in [-0.4, -0.2) is 47.5 Å². The number of hydrogen-bond donors (Lipinski definition) is 0. The number of nitrogens with zero attached hydrogens (tertiary/aromatic N) is 3. The molecule has 6 nitrogen and oxygen atoms in total. The largest absolute Gasteiger partial charge is 0.463 e. The number of ether oxygens (including phenoxy) is 1. The van der Waals surface area contributed by atoms with E-state index in [2.05, 4.69) is 4.98 Å². The molecule has 0 aliphatic carbocycles. The molecule has 22 heavy (non-hydrogen) atoms. The SMILES string of the molecule is CCOC(=O)C1=C(C)N(C)C(=O)N(C)[C@@H]1c1sc(C)nc1C. The van der Waals surface area contributed by atoms with Gasteiger partial charge in [-0.1, -0.05) is 0 Å². The number of aromatic nitrogens is 1. The van der Waals surface area contributed by atoms with Crippen molar-refractivity contribution >= 4 is 23.3 Å². The van der Waals surface area contributed by atoms with Gasteiger partial charge in [-0.25, -0.2) is 14.6 Å². The molecule has 0 radical (unpaired) electrons. The number of carbonyl (C=O) groups is 2. The highest BCUT2D eigenvalue weighted by molar-refractivity contribution is 7.11. The smallest absolute Gasteiger partial charge is 0.338 e. The predicted molar refractivity (Wildman–Crippen MR) is 84.6 cm³/mol. The fraction of sp³-hybridized carbons (Fsp3) is 0.533. The Morgan fingerprint density at radius 3 is 2.45 bits per heavy atom. The van der Waals surface area contributed by atoms with Gasteiger partial charge in [0.25, 0.3) is 0 Å². The highest BCUT2D eigenvalue weighted by Gasteiger charge is 2.40. The monoisotopic (exact) mass is 323 g/mol. The highest BCUT2D eigenvalue weighted by atomic mass is 32.1. The Bertz CT molecular complexity index is 650. The van der Waals surface area contributed by atoms with Crippen molar-refractivity contribution in [2.24, 2.45) is 0 Å². The van der Waals surface area contributed by atoms with E-state index >= 15 is 0 Å². The molecule has 2 rings (SSSR count). The molecule has 120 valence electrons. The molecule has 2 amide bonds. The number of thiazole rings is 1. The van der Waals surface area contributed by atoms with Crippen molar-refractivity contribution in [2.75, 3.05) is 20.7 Å². The van der Waals surface area contributed by atoms with E-state index < -0.39 is 6.04 Å². The van der Waals surface area contributed by atoms with Gasteiger partial charge in [0.05, 0.1) is 27.8 Å². The number of urea groups is 1. The Morgan fingerprint density at radius 2 is 1.95 bits per heavy atom. The molecule has 0 aromatic carbocycles. The molecule has 1 aromatic heterocycles. The summed E-state index contributed by atoms with van der Waals surface area (Å²) in [6.07, 6.45) is 0. The standard InChI is InChI=1S/C15H21N3O3S/c1-7-21-14(19)11-9(3)17(5)15(20)18(6)12(11)13-8(2)16-10(4)22-13/h12H,7H2,1-6H3/t12-/m0/s1. The first-order chi connectivity index (χ1) is 10.3. The number of allylic oxidation sites excluding steroid dienone is 1. The van der Waals surface area contributed by atoms with E-state index in [4.69, 9.17) is 4.74 Å². The maximum Gasteiger partial charge on any atom is 0.338 e. The van der Waals surface area contributed by atoms with E-state index in [9.17, 15) is 9.59 Å². The third-order valence-corrected chi connectivity index (χ3v) is 4.95. The van der Waals surface area contributed by atoms with Gasteiger partial charge in [-0.05, 0) is 27.7 Å². The summed E-state index contributed by atoms with van der Waals surface area (Å²) in [5.74, 6) is -0.387. The van der Waals surface area contributed by atoms with Gasteiger partial charge in [0.2, 0.25) is 0 Å². The topological polar surface area (TPSA) is 62.7 Å². The van der Waals surface area contributed by atoms with Crippen molar-refractivity contribution in [3.63, 3.8) is 0 Å². The van der Waals surface area contributed by atoms with Gasteiger partial charge < -0.3 is 14.5 Å². The van der Waals surface area contributed by atoms with Gasteiger partial charge in [0.15, 0.2) is 0 Å². The summed E-state index contributed by atoms with van der Waals surface area (Å²) in [4.78, 5) is 33.2. The second-order valence-electron chi connectivity index (χ2n) is 5.26. The van der Waals surface area contributed by atoms with Crippen LogP contribution in [0.3, 0.4) is 0 Å². The number of aryl methyl sites for hydroxylation is 2. The minimum Gasteiger partial charge on any atom is -0.463 e. The lowest BCUT2D eigenvalue weighted by molar-refractivity contribution is -0.139. The maximum absolute atomic E-state index is 12.4. The zero-order valence-electron chi connectivity index (χ0n) is 13.8. The van der Waals surface area contributed by atoms with E-state index in [1.165, 1.54) is 16.2 Å². The zero-order chi connectivity index (χ0) is 16.6. The first kappa shape index (κ1) is 16.5. The van der Waals surface area contributed by atoms with Crippen molar-refractivity contribution in [3.05, 3.63) is 26.8 Å². The Kier molecular flexibility index (Phi) is 4.55. The van der Waals surface area contributed by atoms with Crippen LogP contribution in [0.4, 0.5) is 4.79 Å². The normalized spacial score (nSPS) is 19.0. The molecule has 1 aliphatic rings. The first-order valence-corrected chi connectivity index (χ1v) is 7.93. The number of hydrogen-bond acceptors (Lipinski definition) is 5. The lowest BCUT2D eigenvalue weighted by atomic mass is 9.98. The Morgan fingerprint density at radius 1 is 1.32 bits per heavy atom. The highest BCUT2D eigenvalue weighted by Crippen LogP contribution is 2.39. The van der Waals surface area contributed by atoms with Crippen LogP contribution in [0.1, 0.15) is 35.5 Å². The fourth-order valence-electron chi connectivity index (χ4n) is 2.64. The molecule has 2 heterocycles. The number of esters is 1. The lowest BCUT2D eigenvalue weighted by Gasteiger charge is -2.38. The van der Waals surface area contributed by atoms with Gasteiger partial charge >= 0.3 is 12.0 Å². The van der Waals surface area contributed by atoms with Crippen LogP contribution in [0.2, 0.25) is 0 Å². The third kappa shape index (κ3) is 2.61. The molecule has 7 heteroatoms. The van der Waals surface area contributed by atoms with Crippen LogP contribution < -0.4 is 0 Å². The minimum absolute atomic E-state index is 0.152. The average molecular weight is 323 g/mol. The number of likely N-dealkylation sites (N-methyl/N-ethyl adjacent to an activating group) is 1. The quantitative estimate of drug-likeness (QED) is 0.802. The maximum atomic E-state index is 12.4. The van der Waals surface area contributed by atoms with E-state index in [1.807, 2.05) is 13.8 Å².